The summed E-state index contributed by atoms with van der Waals surface area (Å²) in [5.74, 6) is 0. The number of unbranched alkanes of at least 4 members (excludes halogenated alkanes) is 3. The first-order chi connectivity index (χ1) is 8.34. The lowest BCUT2D eigenvalue weighted by Crippen LogP contribution is -2.30. The Balaban J connectivity index is 4.77. The molecule has 0 rings (SSSR count). The van der Waals surface area contributed by atoms with E-state index >= 15 is 0 Å². The standard InChI is InChI=1S/C12H20O3S3/c1-4-5-6-7-8-12(11(15)16,17-9(2)13)18-10(3)14/h4-8H2,1-3H3,(H,15,16). The van der Waals surface area contributed by atoms with Gasteiger partial charge in [0.05, 0.1) is 0 Å². The van der Waals surface area contributed by atoms with Crippen LogP contribution in [0.25, 0.3) is 0 Å². The summed E-state index contributed by atoms with van der Waals surface area (Å²) < 4.78 is -1.05. The van der Waals surface area contributed by atoms with Crippen molar-refractivity contribution in [1.29, 1.82) is 0 Å². The maximum absolute atomic E-state index is 11.7. The van der Waals surface area contributed by atoms with Crippen molar-refractivity contribution < 1.29 is 14.4 Å². The van der Waals surface area contributed by atoms with Crippen molar-refractivity contribution >= 4 is 51.5 Å². The van der Waals surface area contributed by atoms with Crippen LogP contribution >= 0.6 is 36.2 Å². The van der Waals surface area contributed by atoms with Crippen molar-refractivity contribution in [3.05, 3.63) is 0 Å². The Kier molecular flexibility index (Phi) is 9.07. The van der Waals surface area contributed by atoms with Gasteiger partial charge < -0.3 is 0 Å². The Morgan fingerprint density at radius 2 is 1.50 bits per heavy atom. The van der Waals surface area contributed by atoms with Gasteiger partial charge in [-0.15, -0.1) is 12.6 Å². The average Bonchev–Trinajstić information content (AvgIpc) is 2.22. The summed E-state index contributed by atoms with van der Waals surface area (Å²) in [6.07, 6.45) is 4.51. The van der Waals surface area contributed by atoms with E-state index in [1.165, 1.54) is 13.8 Å². The first kappa shape index (κ1) is 18.1. The van der Waals surface area contributed by atoms with E-state index in [0.717, 1.165) is 49.2 Å². The van der Waals surface area contributed by atoms with Crippen molar-refractivity contribution in [1.82, 2.24) is 0 Å². The predicted octanol–water partition coefficient (Wildman–Crippen LogP) is 3.67. The molecular formula is C12H20O3S3. The van der Waals surface area contributed by atoms with Gasteiger partial charge in [0.25, 0.3) is 0 Å². The molecule has 0 radical (unpaired) electrons. The summed E-state index contributed by atoms with van der Waals surface area (Å²) in [6, 6.07) is 0. The zero-order valence-corrected chi connectivity index (χ0v) is 13.6. The number of rotatable bonds is 8. The number of thioether (sulfide) groups is 2. The van der Waals surface area contributed by atoms with Crippen LogP contribution in [0.1, 0.15) is 52.9 Å². The van der Waals surface area contributed by atoms with Crippen LogP contribution in [0, 0.1) is 0 Å². The normalized spacial score (nSPS) is 11.3. The molecule has 18 heavy (non-hydrogen) atoms. The molecule has 0 atom stereocenters. The first-order valence-corrected chi connectivity index (χ1v) is 8.04. The second kappa shape index (κ2) is 9.04. The summed E-state index contributed by atoms with van der Waals surface area (Å²) in [5, 5.41) is -0.734. The van der Waals surface area contributed by atoms with E-state index in [-0.39, 0.29) is 10.2 Å². The molecular weight excluding hydrogens is 288 g/mol. The Hall–Kier alpha value is 0.0600. The number of carbonyl (C=O) groups is 3. The average molecular weight is 308 g/mol. The van der Waals surface area contributed by atoms with Gasteiger partial charge in [0.1, 0.15) is 4.08 Å². The molecule has 6 heteroatoms. The minimum absolute atomic E-state index is 0.165. The Morgan fingerprint density at radius 1 is 1.00 bits per heavy atom. The fraction of sp³-hybridized carbons (Fsp3) is 0.750. The highest BCUT2D eigenvalue weighted by atomic mass is 32.2. The molecule has 104 valence electrons. The van der Waals surface area contributed by atoms with Crippen LogP contribution in [-0.2, 0) is 14.4 Å². The summed E-state index contributed by atoms with van der Waals surface area (Å²) in [7, 11) is 0. The molecule has 0 N–H and O–H groups in total. The van der Waals surface area contributed by atoms with Crippen LogP contribution in [0.4, 0.5) is 0 Å². The van der Waals surface area contributed by atoms with Crippen molar-refractivity contribution in [2.45, 2.75) is 57.0 Å². The van der Waals surface area contributed by atoms with Crippen LogP contribution in [0.2, 0.25) is 0 Å². The molecule has 0 aliphatic carbocycles. The highest BCUT2D eigenvalue weighted by Gasteiger charge is 2.40. The Morgan fingerprint density at radius 3 is 1.83 bits per heavy atom. The molecule has 0 saturated heterocycles. The minimum Gasteiger partial charge on any atom is -0.287 e. The summed E-state index contributed by atoms with van der Waals surface area (Å²) in [4.78, 5) is 34.3. The van der Waals surface area contributed by atoms with E-state index in [4.69, 9.17) is 0 Å². The molecule has 0 aromatic carbocycles. The van der Waals surface area contributed by atoms with Gasteiger partial charge in [0.15, 0.2) is 10.2 Å². The SMILES string of the molecule is CCCCCCC(SC(C)=O)(SC(C)=O)C(=O)S. The van der Waals surface area contributed by atoms with Crippen LogP contribution < -0.4 is 0 Å². The molecule has 0 aliphatic heterocycles. The van der Waals surface area contributed by atoms with Crippen molar-refractivity contribution in [2.75, 3.05) is 0 Å². The molecule has 0 heterocycles. The van der Waals surface area contributed by atoms with Gasteiger partial charge >= 0.3 is 0 Å². The van der Waals surface area contributed by atoms with E-state index in [2.05, 4.69) is 19.6 Å². The summed E-state index contributed by atoms with van der Waals surface area (Å²) in [6.45, 7) is 4.91. The van der Waals surface area contributed by atoms with Crippen molar-refractivity contribution in [3.63, 3.8) is 0 Å². The lowest BCUT2D eigenvalue weighted by molar-refractivity contribution is -0.113. The molecule has 0 fully saturated rings. The lowest BCUT2D eigenvalue weighted by atomic mass is 10.1. The lowest BCUT2D eigenvalue weighted by Gasteiger charge is -2.26. The van der Waals surface area contributed by atoms with Gasteiger partial charge in [0.2, 0.25) is 5.12 Å². The van der Waals surface area contributed by atoms with Gasteiger partial charge in [-0.25, -0.2) is 0 Å². The second-order valence-corrected chi connectivity index (χ2v) is 7.67. The number of thiol groups is 1. The van der Waals surface area contributed by atoms with Gasteiger partial charge in [0, 0.05) is 13.8 Å². The van der Waals surface area contributed by atoms with E-state index in [0.29, 0.717) is 6.42 Å². The maximum atomic E-state index is 11.7. The quantitative estimate of drug-likeness (QED) is 0.421. The summed E-state index contributed by atoms with van der Waals surface area (Å²) in [5.41, 5.74) is 0. The number of hydrogen-bond acceptors (Lipinski definition) is 5. The van der Waals surface area contributed by atoms with Crippen LogP contribution in [0.15, 0.2) is 0 Å². The monoisotopic (exact) mass is 308 g/mol. The fourth-order valence-electron chi connectivity index (χ4n) is 1.57. The van der Waals surface area contributed by atoms with E-state index in [9.17, 15) is 14.4 Å². The van der Waals surface area contributed by atoms with Gasteiger partial charge in [-0.2, -0.15) is 0 Å². The largest absolute Gasteiger partial charge is 0.287 e. The highest BCUT2D eigenvalue weighted by molar-refractivity contribution is 8.33. The fourth-order valence-corrected chi connectivity index (χ4v) is 4.42. The van der Waals surface area contributed by atoms with Gasteiger partial charge in [-0.1, -0.05) is 56.1 Å². The van der Waals surface area contributed by atoms with Crippen molar-refractivity contribution in [2.24, 2.45) is 0 Å². The molecule has 0 unspecified atom stereocenters. The molecule has 0 aromatic rings. The van der Waals surface area contributed by atoms with Gasteiger partial charge in [-0.05, 0) is 6.42 Å². The number of hydrogen-bond donors (Lipinski definition) is 1. The summed E-state index contributed by atoms with van der Waals surface area (Å²) >= 11 is 5.71. The first-order valence-electron chi connectivity index (χ1n) is 5.96. The topological polar surface area (TPSA) is 51.2 Å². The van der Waals surface area contributed by atoms with Crippen LogP contribution in [0.5, 0.6) is 0 Å². The molecule has 0 aromatic heterocycles. The molecule has 0 aliphatic rings. The predicted molar refractivity (Wildman–Crippen MR) is 82.0 cm³/mol. The highest BCUT2D eigenvalue weighted by Crippen LogP contribution is 2.44. The Labute approximate surface area is 123 Å². The Bertz CT molecular complexity index is 300. The zero-order chi connectivity index (χ0) is 14.2. The molecule has 0 amide bonds. The van der Waals surface area contributed by atoms with Crippen LogP contribution in [0.3, 0.4) is 0 Å². The molecule has 3 nitrogen and oxygen atoms in total. The van der Waals surface area contributed by atoms with E-state index < -0.39 is 9.19 Å². The molecule has 0 spiro atoms. The number of carbonyl (C=O) groups excluding carboxylic acids is 3. The molecule has 0 bridgehead atoms. The van der Waals surface area contributed by atoms with E-state index in [1.807, 2.05) is 0 Å². The maximum Gasteiger partial charge on any atom is 0.212 e. The van der Waals surface area contributed by atoms with Crippen molar-refractivity contribution in [3.8, 4) is 0 Å². The minimum atomic E-state index is -1.05. The second-order valence-electron chi connectivity index (χ2n) is 4.06. The smallest absolute Gasteiger partial charge is 0.212 e. The molecule has 0 saturated carbocycles. The third-order valence-electron chi connectivity index (χ3n) is 2.30. The van der Waals surface area contributed by atoms with E-state index in [1.54, 1.807) is 0 Å². The third kappa shape index (κ3) is 6.85. The third-order valence-corrected chi connectivity index (χ3v) is 5.50. The van der Waals surface area contributed by atoms with Crippen LogP contribution in [-0.4, -0.2) is 19.4 Å². The van der Waals surface area contributed by atoms with Gasteiger partial charge in [-0.3, -0.25) is 14.4 Å². The zero-order valence-electron chi connectivity index (χ0n) is 11.0.